The van der Waals surface area contributed by atoms with Crippen LogP contribution in [0.4, 0.5) is 18.9 Å². The zero-order valence-corrected chi connectivity index (χ0v) is 17.2. The number of carbonyl (C=O) groups is 1. The van der Waals surface area contributed by atoms with Crippen molar-refractivity contribution in [1.29, 1.82) is 0 Å². The third kappa shape index (κ3) is 4.24. The molecule has 1 aliphatic carbocycles. The molecule has 31 heavy (non-hydrogen) atoms. The third-order valence-corrected chi connectivity index (χ3v) is 6.28. The molecular formula is C22H21ClF3NO4. The van der Waals surface area contributed by atoms with Gasteiger partial charge in [-0.25, -0.2) is 13.2 Å². The number of ether oxygens (including phenoxy) is 1. The Balaban J connectivity index is 1.47. The second-order valence-corrected chi connectivity index (χ2v) is 8.67. The Morgan fingerprint density at radius 3 is 2.29 bits per heavy atom. The number of hydrogen-bond acceptors (Lipinski definition) is 4. The van der Waals surface area contributed by atoms with Gasteiger partial charge >= 0.3 is 0 Å². The maximum absolute atomic E-state index is 14.3. The van der Waals surface area contributed by atoms with E-state index in [-0.39, 0.29) is 55.3 Å². The minimum absolute atomic E-state index is 0.0329. The van der Waals surface area contributed by atoms with Gasteiger partial charge in [0.25, 0.3) is 0 Å². The number of anilines is 1. The summed E-state index contributed by atoms with van der Waals surface area (Å²) in [4.78, 5) is 11.5. The molecule has 1 amide bonds. The van der Waals surface area contributed by atoms with Crippen LogP contribution in [0.3, 0.4) is 0 Å². The monoisotopic (exact) mass is 455 g/mol. The maximum Gasteiger partial charge on any atom is 0.224 e. The summed E-state index contributed by atoms with van der Waals surface area (Å²) in [6.07, 6.45) is 0.403. The Kier molecular flexibility index (Phi) is 5.66. The van der Waals surface area contributed by atoms with Gasteiger partial charge in [-0.3, -0.25) is 4.79 Å². The Morgan fingerprint density at radius 1 is 1.00 bits per heavy atom. The molecule has 2 aromatic rings. The normalized spacial score (nSPS) is 25.7. The zero-order chi connectivity index (χ0) is 22.4. The van der Waals surface area contributed by atoms with Crippen molar-refractivity contribution in [3.05, 3.63) is 57.9 Å². The summed E-state index contributed by atoms with van der Waals surface area (Å²) in [5.74, 6) is -2.37. The first kappa shape index (κ1) is 21.9. The molecule has 1 aliphatic heterocycles. The zero-order valence-electron chi connectivity index (χ0n) is 16.5. The minimum atomic E-state index is -1.77. The predicted octanol–water partition coefficient (Wildman–Crippen LogP) is 4.21. The van der Waals surface area contributed by atoms with Crippen molar-refractivity contribution in [2.45, 2.75) is 49.7 Å². The number of aliphatic hydroxyl groups is 2. The van der Waals surface area contributed by atoms with E-state index >= 15 is 0 Å². The molecule has 4 rings (SSSR count). The summed E-state index contributed by atoms with van der Waals surface area (Å²) in [7, 11) is 0. The van der Waals surface area contributed by atoms with Gasteiger partial charge in [0.05, 0.1) is 22.5 Å². The number of carbonyl (C=O) groups excluding carboxylic acids is 1. The van der Waals surface area contributed by atoms with Gasteiger partial charge in [-0.15, -0.1) is 0 Å². The lowest BCUT2D eigenvalue weighted by Crippen LogP contribution is -2.45. The smallest absolute Gasteiger partial charge is 0.224 e. The van der Waals surface area contributed by atoms with Crippen LogP contribution in [0.1, 0.15) is 43.2 Å². The van der Waals surface area contributed by atoms with Gasteiger partial charge in [0, 0.05) is 17.0 Å². The van der Waals surface area contributed by atoms with E-state index in [1.807, 2.05) is 0 Å². The van der Waals surface area contributed by atoms with Crippen LogP contribution in [-0.4, -0.2) is 28.3 Å². The van der Waals surface area contributed by atoms with Crippen LogP contribution in [0.25, 0.3) is 0 Å². The lowest BCUT2D eigenvalue weighted by molar-refractivity contribution is -0.116. The van der Waals surface area contributed by atoms with Crippen molar-refractivity contribution in [3.63, 3.8) is 0 Å². The highest BCUT2D eigenvalue weighted by Crippen LogP contribution is 2.44. The first-order valence-corrected chi connectivity index (χ1v) is 10.3. The first-order valence-electron chi connectivity index (χ1n) is 9.94. The SMILES string of the molecule is O=C1CCc2c(OCC3(O)CCC(O)(c4c(F)cc(Cl)cc4F)CC3)ccc(F)c2N1. The van der Waals surface area contributed by atoms with Crippen molar-refractivity contribution >= 4 is 23.2 Å². The molecule has 1 heterocycles. The van der Waals surface area contributed by atoms with Crippen molar-refractivity contribution in [2.75, 3.05) is 11.9 Å². The minimum Gasteiger partial charge on any atom is -0.490 e. The molecule has 3 N–H and O–H groups in total. The molecule has 0 atom stereocenters. The summed E-state index contributed by atoms with van der Waals surface area (Å²) in [5, 5.41) is 24.2. The number of benzene rings is 2. The number of fused-ring (bicyclic) bond motifs is 1. The largest absolute Gasteiger partial charge is 0.490 e. The Morgan fingerprint density at radius 2 is 1.65 bits per heavy atom. The lowest BCUT2D eigenvalue weighted by atomic mass is 9.73. The highest BCUT2D eigenvalue weighted by Gasteiger charge is 2.45. The van der Waals surface area contributed by atoms with Gasteiger partial charge < -0.3 is 20.3 Å². The van der Waals surface area contributed by atoms with Crippen LogP contribution < -0.4 is 10.1 Å². The first-order chi connectivity index (χ1) is 14.6. The summed E-state index contributed by atoms with van der Waals surface area (Å²) in [5.41, 5.74) is -2.98. The van der Waals surface area contributed by atoms with Crippen molar-refractivity contribution < 1.29 is 32.9 Å². The lowest BCUT2D eigenvalue weighted by Gasteiger charge is -2.41. The number of nitrogens with one attached hydrogen (secondary N) is 1. The summed E-state index contributed by atoms with van der Waals surface area (Å²) in [6.45, 7) is -0.152. The molecule has 166 valence electrons. The number of hydrogen-bond donors (Lipinski definition) is 3. The third-order valence-electron chi connectivity index (χ3n) is 6.06. The van der Waals surface area contributed by atoms with Gasteiger partial charge in [0.2, 0.25) is 5.91 Å². The molecule has 0 unspecified atom stereocenters. The maximum atomic E-state index is 14.3. The fourth-order valence-corrected chi connectivity index (χ4v) is 4.47. The molecule has 0 saturated heterocycles. The van der Waals surface area contributed by atoms with E-state index in [0.717, 1.165) is 12.1 Å². The molecule has 2 aliphatic rings. The highest BCUT2D eigenvalue weighted by atomic mass is 35.5. The van der Waals surface area contributed by atoms with Crippen LogP contribution in [0.2, 0.25) is 5.02 Å². The average Bonchev–Trinajstić information content (AvgIpc) is 2.70. The fourth-order valence-electron chi connectivity index (χ4n) is 4.28. The number of amides is 1. The van der Waals surface area contributed by atoms with E-state index in [1.165, 1.54) is 12.1 Å². The predicted molar refractivity (Wildman–Crippen MR) is 108 cm³/mol. The molecule has 0 bridgehead atoms. The van der Waals surface area contributed by atoms with E-state index < -0.39 is 34.2 Å². The highest BCUT2D eigenvalue weighted by molar-refractivity contribution is 6.30. The molecule has 0 aromatic heterocycles. The van der Waals surface area contributed by atoms with Crippen LogP contribution in [0.15, 0.2) is 24.3 Å². The van der Waals surface area contributed by atoms with Crippen LogP contribution in [-0.2, 0) is 16.8 Å². The van der Waals surface area contributed by atoms with E-state index in [9.17, 15) is 28.2 Å². The molecular weight excluding hydrogens is 435 g/mol. The van der Waals surface area contributed by atoms with Gasteiger partial charge in [-0.1, -0.05) is 11.6 Å². The summed E-state index contributed by atoms with van der Waals surface area (Å²) in [6, 6.07) is 4.50. The van der Waals surface area contributed by atoms with Crippen molar-refractivity contribution in [3.8, 4) is 5.75 Å². The Hall–Kier alpha value is -2.29. The van der Waals surface area contributed by atoms with Gasteiger partial charge in [-0.05, 0) is 56.4 Å². The second-order valence-electron chi connectivity index (χ2n) is 8.24. The number of rotatable bonds is 4. The van der Waals surface area contributed by atoms with Crippen LogP contribution >= 0.6 is 11.6 Å². The van der Waals surface area contributed by atoms with Gasteiger partial charge in [-0.2, -0.15) is 0 Å². The standard InChI is InChI=1S/C22H21ClF3NO4/c23-12-9-15(25)19(16(26)10-12)22(30)7-5-21(29,6-8-22)11-31-17-3-2-14(24)20-13(17)1-4-18(28)27-20/h2-3,9-10,29-30H,1,4-8,11H2,(H,27,28). The molecule has 0 spiro atoms. The van der Waals surface area contributed by atoms with E-state index in [2.05, 4.69) is 5.32 Å². The molecule has 2 aromatic carbocycles. The Bertz CT molecular complexity index is 1010. The van der Waals surface area contributed by atoms with Gasteiger partial charge in [0.1, 0.15) is 29.8 Å². The summed E-state index contributed by atoms with van der Waals surface area (Å²) < 4.78 is 48.4. The quantitative estimate of drug-likeness (QED) is 0.645. The molecule has 1 fully saturated rings. The van der Waals surface area contributed by atoms with Crippen molar-refractivity contribution in [2.24, 2.45) is 0 Å². The van der Waals surface area contributed by atoms with Gasteiger partial charge in [0.15, 0.2) is 0 Å². The molecule has 0 radical (unpaired) electrons. The molecule has 1 saturated carbocycles. The Labute approximate surface area is 181 Å². The molecule has 9 heteroatoms. The fraction of sp³-hybridized carbons (Fsp3) is 0.409. The van der Waals surface area contributed by atoms with Crippen LogP contribution in [0.5, 0.6) is 5.75 Å². The second kappa shape index (κ2) is 8.00. The summed E-state index contributed by atoms with van der Waals surface area (Å²) >= 11 is 5.65. The average molecular weight is 456 g/mol. The van der Waals surface area contributed by atoms with E-state index in [4.69, 9.17) is 16.3 Å². The van der Waals surface area contributed by atoms with E-state index in [1.54, 1.807) is 0 Å². The van der Waals surface area contributed by atoms with E-state index in [0.29, 0.717) is 17.7 Å². The van der Waals surface area contributed by atoms with Crippen LogP contribution in [0, 0.1) is 17.5 Å². The van der Waals surface area contributed by atoms with Crippen molar-refractivity contribution in [1.82, 2.24) is 0 Å². The molecule has 5 nitrogen and oxygen atoms in total. The number of halogens is 4. The topological polar surface area (TPSA) is 78.8 Å².